The summed E-state index contributed by atoms with van der Waals surface area (Å²) in [5, 5.41) is 6.48. The maximum atomic E-state index is 12.3. The summed E-state index contributed by atoms with van der Waals surface area (Å²) in [5.41, 5.74) is 3.04. The molecule has 0 radical (unpaired) electrons. The topological polar surface area (TPSA) is 41.1 Å². The highest BCUT2D eigenvalue weighted by Gasteiger charge is 2.23. The van der Waals surface area contributed by atoms with E-state index in [0.29, 0.717) is 5.92 Å². The van der Waals surface area contributed by atoms with Crippen molar-refractivity contribution in [2.45, 2.75) is 33.2 Å². The first-order chi connectivity index (χ1) is 8.59. The van der Waals surface area contributed by atoms with Crippen LogP contribution >= 0.6 is 0 Å². The Labute approximate surface area is 109 Å². The van der Waals surface area contributed by atoms with Crippen LogP contribution < -0.4 is 10.6 Å². The van der Waals surface area contributed by atoms with Gasteiger partial charge in [-0.05, 0) is 49.9 Å². The second-order valence-corrected chi connectivity index (χ2v) is 5.30. The molecule has 1 heterocycles. The van der Waals surface area contributed by atoms with Crippen LogP contribution in [0.3, 0.4) is 0 Å². The third kappa shape index (κ3) is 2.72. The lowest BCUT2D eigenvalue weighted by atomic mass is 9.94. The van der Waals surface area contributed by atoms with Gasteiger partial charge in [-0.25, -0.2) is 0 Å². The summed E-state index contributed by atoms with van der Waals surface area (Å²) in [6.45, 7) is 8.17. The summed E-state index contributed by atoms with van der Waals surface area (Å²) in [4.78, 5) is 12.3. The van der Waals surface area contributed by atoms with Gasteiger partial charge in [-0.2, -0.15) is 0 Å². The van der Waals surface area contributed by atoms with Crippen molar-refractivity contribution in [2.75, 3.05) is 13.1 Å². The highest BCUT2D eigenvalue weighted by atomic mass is 16.1. The second kappa shape index (κ2) is 5.53. The average Bonchev–Trinajstić information content (AvgIpc) is 2.35. The SMILES string of the molecule is Cc1cccc(C(=O)NC2CNCCC2C)c1C. The van der Waals surface area contributed by atoms with E-state index in [1.807, 2.05) is 32.0 Å². The van der Waals surface area contributed by atoms with Crippen LogP contribution in [0, 0.1) is 19.8 Å². The van der Waals surface area contributed by atoms with Crippen LogP contribution in [0.25, 0.3) is 0 Å². The van der Waals surface area contributed by atoms with Crippen molar-refractivity contribution in [2.24, 2.45) is 5.92 Å². The smallest absolute Gasteiger partial charge is 0.251 e. The first-order valence-corrected chi connectivity index (χ1v) is 6.67. The number of rotatable bonds is 2. The molecular formula is C15H22N2O. The maximum Gasteiger partial charge on any atom is 0.251 e. The molecule has 2 atom stereocenters. The van der Waals surface area contributed by atoms with Crippen LogP contribution in [-0.2, 0) is 0 Å². The molecule has 1 amide bonds. The molecule has 2 unspecified atom stereocenters. The first-order valence-electron chi connectivity index (χ1n) is 6.67. The van der Waals surface area contributed by atoms with Gasteiger partial charge in [0.2, 0.25) is 0 Å². The van der Waals surface area contributed by atoms with Gasteiger partial charge in [-0.15, -0.1) is 0 Å². The molecule has 98 valence electrons. The predicted molar refractivity (Wildman–Crippen MR) is 73.8 cm³/mol. The summed E-state index contributed by atoms with van der Waals surface area (Å²) in [7, 11) is 0. The van der Waals surface area contributed by atoms with E-state index >= 15 is 0 Å². The molecule has 1 fully saturated rings. The minimum atomic E-state index is 0.0525. The van der Waals surface area contributed by atoms with Crippen molar-refractivity contribution in [1.82, 2.24) is 10.6 Å². The van der Waals surface area contributed by atoms with Crippen LogP contribution in [0.5, 0.6) is 0 Å². The van der Waals surface area contributed by atoms with E-state index in [0.717, 1.165) is 36.2 Å². The van der Waals surface area contributed by atoms with Crippen LogP contribution in [0.15, 0.2) is 18.2 Å². The summed E-state index contributed by atoms with van der Waals surface area (Å²) in [6, 6.07) is 6.13. The van der Waals surface area contributed by atoms with Crippen LogP contribution in [0.2, 0.25) is 0 Å². The number of hydrogen-bond acceptors (Lipinski definition) is 2. The molecule has 1 aliphatic rings. The monoisotopic (exact) mass is 246 g/mol. The Kier molecular flexibility index (Phi) is 4.02. The molecule has 0 bridgehead atoms. The fourth-order valence-corrected chi connectivity index (χ4v) is 2.43. The molecule has 2 rings (SSSR count). The lowest BCUT2D eigenvalue weighted by Gasteiger charge is -2.30. The van der Waals surface area contributed by atoms with Gasteiger partial charge >= 0.3 is 0 Å². The lowest BCUT2D eigenvalue weighted by Crippen LogP contribution is -2.50. The number of aryl methyl sites for hydroxylation is 1. The standard InChI is InChI=1S/C15H22N2O/c1-10-5-4-6-13(12(10)3)15(18)17-14-9-16-8-7-11(14)2/h4-6,11,14,16H,7-9H2,1-3H3,(H,17,18). The van der Waals surface area contributed by atoms with Crippen molar-refractivity contribution in [3.05, 3.63) is 34.9 Å². The van der Waals surface area contributed by atoms with Gasteiger partial charge in [0.05, 0.1) is 0 Å². The average molecular weight is 246 g/mol. The second-order valence-electron chi connectivity index (χ2n) is 5.30. The normalized spacial score (nSPS) is 23.7. The molecule has 0 aliphatic carbocycles. The van der Waals surface area contributed by atoms with Gasteiger partial charge in [0.15, 0.2) is 0 Å². The Hall–Kier alpha value is -1.35. The highest BCUT2D eigenvalue weighted by molar-refractivity contribution is 5.96. The number of nitrogens with one attached hydrogen (secondary N) is 2. The minimum absolute atomic E-state index is 0.0525. The number of amides is 1. The maximum absolute atomic E-state index is 12.3. The van der Waals surface area contributed by atoms with E-state index in [4.69, 9.17) is 0 Å². The third-order valence-electron chi connectivity index (χ3n) is 3.99. The number of carbonyl (C=O) groups is 1. The predicted octanol–water partition coefficient (Wildman–Crippen LogP) is 2.03. The molecule has 3 heteroatoms. The van der Waals surface area contributed by atoms with E-state index in [-0.39, 0.29) is 11.9 Å². The Bertz CT molecular complexity index is 442. The van der Waals surface area contributed by atoms with Gasteiger partial charge in [0.1, 0.15) is 0 Å². The molecule has 0 saturated carbocycles. The van der Waals surface area contributed by atoms with Gasteiger partial charge in [-0.1, -0.05) is 19.1 Å². The van der Waals surface area contributed by atoms with Crippen LogP contribution in [0.1, 0.15) is 34.8 Å². The lowest BCUT2D eigenvalue weighted by molar-refractivity contribution is 0.0914. The zero-order valence-corrected chi connectivity index (χ0v) is 11.4. The molecule has 2 N–H and O–H groups in total. The molecule has 1 aliphatic heterocycles. The van der Waals surface area contributed by atoms with Crippen LogP contribution in [-0.4, -0.2) is 25.0 Å². The summed E-state index contributed by atoms with van der Waals surface area (Å²) >= 11 is 0. The zero-order valence-electron chi connectivity index (χ0n) is 11.4. The molecule has 1 aromatic rings. The van der Waals surface area contributed by atoms with E-state index in [1.165, 1.54) is 0 Å². The minimum Gasteiger partial charge on any atom is -0.348 e. The van der Waals surface area contributed by atoms with Crippen molar-refractivity contribution in [3.8, 4) is 0 Å². The first kappa shape index (κ1) is 13.1. The Morgan fingerprint density at radius 3 is 2.89 bits per heavy atom. The summed E-state index contributed by atoms with van der Waals surface area (Å²) < 4.78 is 0. The van der Waals surface area contributed by atoms with Gasteiger partial charge in [-0.3, -0.25) is 4.79 Å². The molecule has 1 aromatic carbocycles. The Morgan fingerprint density at radius 2 is 2.17 bits per heavy atom. The van der Waals surface area contributed by atoms with Crippen molar-refractivity contribution >= 4 is 5.91 Å². The van der Waals surface area contributed by atoms with E-state index in [1.54, 1.807) is 0 Å². The molecular weight excluding hydrogens is 224 g/mol. The Balaban J connectivity index is 2.09. The molecule has 0 aromatic heterocycles. The Morgan fingerprint density at radius 1 is 1.39 bits per heavy atom. The molecule has 3 nitrogen and oxygen atoms in total. The fourth-order valence-electron chi connectivity index (χ4n) is 2.43. The number of carbonyl (C=O) groups excluding carboxylic acids is 1. The molecule has 0 spiro atoms. The summed E-state index contributed by atoms with van der Waals surface area (Å²) in [5.74, 6) is 0.595. The van der Waals surface area contributed by atoms with Crippen LogP contribution in [0.4, 0.5) is 0 Å². The van der Waals surface area contributed by atoms with Gasteiger partial charge in [0, 0.05) is 18.2 Å². The fraction of sp³-hybridized carbons (Fsp3) is 0.533. The molecule has 18 heavy (non-hydrogen) atoms. The summed E-state index contributed by atoms with van der Waals surface area (Å²) in [6.07, 6.45) is 1.12. The highest BCUT2D eigenvalue weighted by Crippen LogP contribution is 2.15. The van der Waals surface area contributed by atoms with E-state index in [9.17, 15) is 4.79 Å². The van der Waals surface area contributed by atoms with Crippen molar-refractivity contribution in [3.63, 3.8) is 0 Å². The van der Waals surface area contributed by atoms with E-state index in [2.05, 4.69) is 17.6 Å². The third-order valence-corrected chi connectivity index (χ3v) is 3.99. The largest absolute Gasteiger partial charge is 0.348 e. The van der Waals surface area contributed by atoms with Crippen molar-refractivity contribution in [1.29, 1.82) is 0 Å². The number of benzene rings is 1. The van der Waals surface area contributed by atoms with Gasteiger partial charge < -0.3 is 10.6 Å². The number of piperidine rings is 1. The van der Waals surface area contributed by atoms with E-state index < -0.39 is 0 Å². The van der Waals surface area contributed by atoms with Crippen molar-refractivity contribution < 1.29 is 4.79 Å². The zero-order chi connectivity index (χ0) is 13.1. The van der Waals surface area contributed by atoms with Gasteiger partial charge in [0.25, 0.3) is 5.91 Å². The quantitative estimate of drug-likeness (QED) is 0.838. The molecule has 1 saturated heterocycles. The number of hydrogen-bond donors (Lipinski definition) is 2.